The Kier molecular flexibility index (Phi) is 4.42. The molecule has 3 amide bonds. The number of rotatable bonds is 3. The van der Waals surface area contributed by atoms with Crippen molar-refractivity contribution in [3.63, 3.8) is 0 Å². The summed E-state index contributed by atoms with van der Waals surface area (Å²) in [6.45, 7) is -0.188. The van der Waals surface area contributed by atoms with Crippen molar-refractivity contribution in [1.82, 2.24) is 15.2 Å². The van der Waals surface area contributed by atoms with Crippen LogP contribution in [0.2, 0.25) is 5.02 Å². The molecule has 1 aromatic heterocycles. The summed E-state index contributed by atoms with van der Waals surface area (Å²) >= 11 is 6.33. The minimum atomic E-state index is -0.538. The monoisotopic (exact) mass is 413 g/mol. The molecular formula is C22H24ClN3O3. The molecule has 3 aliphatic rings. The van der Waals surface area contributed by atoms with Gasteiger partial charge in [0, 0.05) is 17.5 Å². The normalized spacial score (nSPS) is 23.2. The Morgan fingerprint density at radius 1 is 1.24 bits per heavy atom. The number of nitrogens with zero attached hydrogens (tertiary/aromatic N) is 1. The number of hydrogen-bond donors (Lipinski definition) is 2. The van der Waals surface area contributed by atoms with E-state index in [1.54, 1.807) is 0 Å². The number of aromatic amines is 1. The van der Waals surface area contributed by atoms with Gasteiger partial charge in [0.15, 0.2) is 0 Å². The highest BCUT2D eigenvalue weighted by Gasteiger charge is 2.52. The minimum absolute atomic E-state index is 0.156. The molecule has 2 aromatic rings. The lowest BCUT2D eigenvalue weighted by Gasteiger charge is -2.25. The topological polar surface area (TPSA) is 82.3 Å². The maximum atomic E-state index is 12.8. The number of H-pyrrole nitrogens is 1. The lowest BCUT2D eigenvalue weighted by atomic mass is 9.84. The van der Waals surface area contributed by atoms with Gasteiger partial charge in [0.25, 0.3) is 0 Å². The third-order valence-electron chi connectivity index (χ3n) is 6.88. The second-order valence-corrected chi connectivity index (χ2v) is 9.05. The van der Waals surface area contributed by atoms with Crippen LogP contribution in [0.25, 0.3) is 10.9 Å². The van der Waals surface area contributed by atoms with Crippen LogP contribution in [-0.4, -0.2) is 34.2 Å². The average Bonchev–Trinajstić information content (AvgIpc) is 3.37. The number of fused-ring (bicyclic) bond motifs is 3. The first-order chi connectivity index (χ1) is 14.0. The van der Waals surface area contributed by atoms with Crippen molar-refractivity contribution < 1.29 is 14.4 Å². The van der Waals surface area contributed by atoms with Gasteiger partial charge >= 0.3 is 0 Å². The number of nitrogens with one attached hydrogen (secondary N) is 2. The van der Waals surface area contributed by atoms with Crippen molar-refractivity contribution in [3.05, 3.63) is 34.5 Å². The lowest BCUT2D eigenvalue weighted by molar-refractivity contribution is -0.145. The Balaban J connectivity index is 1.34. The number of benzene rings is 1. The predicted octanol–water partition coefficient (Wildman–Crippen LogP) is 3.63. The zero-order valence-electron chi connectivity index (χ0n) is 16.2. The number of likely N-dealkylation sites (tertiary alicyclic amines) is 1. The van der Waals surface area contributed by atoms with Gasteiger partial charge in [0.05, 0.1) is 22.0 Å². The van der Waals surface area contributed by atoms with Crippen LogP contribution in [-0.2, 0) is 20.8 Å². The fraction of sp³-hybridized carbons (Fsp3) is 0.500. The van der Waals surface area contributed by atoms with Gasteiger partial charge in [0.1, 0.15) is 6.54 Å². The number of halogens is 1. The molecule has 1 unspecified atom stereocenters. The van der Waals surface area contributed by atoms with Crippen LogP contribution >= 0.6 is 11.6 Å². The number of aromatic nitrogens is 1. The van der Waals surface area contributed by atoms with E-state index in [-0.39, 0.29) is 36.7 Å². The van der Waals surface area contributed by atoms with Gasteiger partial charge in [-0.15, -0.1) is 0 Å². The van der Waals surface area contributed by atoms with Crippen molar-refractivity contribution in [3.8, 4) is 0 Å². The molecular weight excluding hydrogens is 390 g/mol. The van der Waals surface area contributed by atoms with Crippen molar-refractivity contribution in [2.75, 3.05) is 6.54 Å². The summed E-state index contributed by atoms with van der Waals surface area (Å²) < 4.78 is 0. The zero-order chi connectivity index (χ0) is 20.2. The van der Waals surface area contributed by atoms with Crippen molar-refractivity contribution >= 4 is 40.2 Å². The minimum Gasteiger partial charge on any atom is -0.355 e. The summed E-state index contributed by atoms with van der Waals surface area (Å²) in [7, 11) is 0. The molecule has 0 bridgehead atoms. The van der Waals surface area contributed by atoms with Crippen LogP contribution in [0.15, 0.2) is 18.2 Å². The second kappa shape index (κ2) is 6.87. The summed E-state index contributed by atoms with van der Waals surface area (Å²) in [6, 6.07) is 5.67. The molecule has 1 spiro atoms. The second-order valence-electron chi connectivity index (χ2n) is 8.64. The van der Waals surface area contributed by atoms with E-state index in [4.69, 9.17) is 11.6 Å². The number of para-hydroxylation sites is 1. The molecule has 1 aliphatic heterocycles. The molecule has 2 heterocycles. The highest BCUT2D eigenvalue weighted by atomic mass is 35.5. The molecule has 0 radical (unpaired) electrons. The summed E-state index contributed by atoms with van der Waals surface area (Å²) in [6.07, 6.45) is 6.45. The first-order valence-corrected chi connectivity index (χ1v) is 10.8. The Morgan fingerprint density at radius 2 is 2.03 bits per heavy atom. The third-order valence-corrected chi connectivity index (χ3v) is 7.19. The van der Waals surface area contributed by atoms with Gasteiger partial charge in [-0.25, -0.2) is 0 Å². The number of hydrogen-bond acceptors (Lipinski definition) is 3. The first-order valence-electron chi connectivity index (χ1n) is 10.4. The zero-order valence-corrected chi connectivity index (χ0v) is 17.0. The van der Waals surface area contributed by atoms with E-state index < -0.39 is 5.41 Å². The van der Waals surface area contributed by atoms with Crippen LogP contribution in [0.4, 0.5) is 0 Å². The van der Waals surface area contributed by atoms with Gasteiger partial charge in [-0.05, 0) is 43.7 Å². The van der Waals surface area contributed by atoms with E-state index in [0.717, 1.165) is 61.5 Å². The van der Waals surface area contributed by atoms with E-state index in [9.17, 15) is 14.4 Å². The first kappa shape index (κ1) is 18.7. The molecule has 5 rings (SSSR count). The Bertz CT molecular complexity index is 1020. The summed E-state index contributed by atoms with van der Waals surface area (Å²) in [5.41, 5.74) is 2.54. The maximum Gasteiger partial charge on any atom is 0.240 e. The Morgan fingerprint density at radius 3 is 2.83 bits per heavy atom. The molecule has 2 aliphatic carbocycles. The highest BCUT2D eigenvalue weighted by molar-refractivity contribution is 6.35. The quantitative estimate of drug-likeness (QED) is 0.754. The predicted molar refractivity (Wildman–Crippen MR) is 109 cm³/mol. The van der Waals surface area contributed by atoms with Gasteiger partial charge in [-0.2, -0.15) is 0 Å². The lowest BCUT2D eigenvalue weighted by Crippen LogP contribution is -2.43. The fourth-order valence-electron chi connectivity index (χ4n) is 5.44. The standard InChI is InChI=1S/C22H24ClN3O3/c23-15-7-3-5-13-14-6-4-8-16(20(14)25-19(13)15)24-17(27)12-26-18(28)11-22(21(26)29)9-1-2-10-22/h3,5,7,16,25H,1-2,4,6,8-12H2,(H,24,27). The number of amides is 3. The number of carbonyl (C=O) groups excluding carboxylic acids is 3. The Labute approximate surface area is 174 Å². The van der Waals surface area contributed by atoms with Crippen LogP contribution < -0.4 is 5.32 Å². The number of carbonyl (C=O) groups is 3. The van der Waals surface area contributed by atoms with Gasteiger partial charge in [-0.1, -0.05) is 36.6 Å². The SMILES string of the molecule is O=C(CN1C(=O)CC2(CCCC2)C1=O)NC1CCCc2c1[nH]c1c(Cl)cccc21. The van der Waals surface area contributed by atoms with Crippen molar-refractivity contribution in [2.24, 2.45) is 5.41 Å². The average molecular weight is 414 g/mol. The third kappa shape index (κ3) is 2.96. The van der Waals surface area contributed by atoms with Crippen molar-refractivity contribution in [2.45, 2.75) is 57.4 Å². The van der Waals surface area contributed by atoms with Crippen LogP contribution in [0.5, 0.6) is 0 Å². The molecule has 2 N–H and O–H groups in total. The Hall–Kier alpha value is -2.34. The molecule has 6 nitrogen and oxygen atoms in total. The summed E-state index contributed by atoms with van der Waals surface area (Å²) in [5, 5.41) is 4.80. The van der Waals surface area contributed by atoms with E-state index in [1.165, 1.54) is 10.5 Å². The molecule has 1 atom stereocenters. The van der Waals surface area contributed by atoms with Crippen LogP contribution in [0.1, 0.15) is 62.2 Å². The maximum absolute atomic E-state index is 12.8. The van der Waals surface area contributed by atoms with E-state index >= 15 is 0 Å². The molecule has 152 valence electrons. The summed E-state index contributed by atoms with van der Waals surface area (Å²) in [5.74, 6) is -0.657. The molecule has 29 heavy (non-hydrogen) atoms. The summed E-state index contributed by atoms with van der Waals surface area (Å²) in [4.78, 5) is 42.6. The molecule has 1 aromatic carbocycles. The van der Waals surface area contributed by atoms with E-state index in [2.05, 4.69) is 10.3 Å². The number of imide groups is 1. The molecule has 1 saturated heterocycles. The van der Waals surface area contributed by atoms with Gasteiger partial charge < -0.3 is 10.3 Å². The van der Waals surface area contributed by atoms with Crippen LogP contribution in [0, 0.1) is 5.41 Å². The fourth-order valence-corrected chi connectivity index (χ4v) is 5.66. The molecule has 1 saturated carbocycles. The highest BCUT2D eigenvalue weighted by Crippen LogP contribution is 2.46. The van der Waals surface area contributed by atoms with Crippen molar-refractivity contribution in [1.29, 1.82) is 0 Å². The molecule has 7 heteroatoms. The largest absolute Gasteiger partial charge is 0.355 e. The van der Waals surface area contributed by atoms with Gasteiger partial charge in [0.2, 0.25) is 17.7 Å². The van der Waals surface area contributed by atoms with Crippen LogP contribution in [0.3, 0.4) is 0 Å². The molecule has 2 fully saturated rings. The number of aryl methyl sites for hydroxylation is 1. The smallest absolute Gasteiger partial charge is 0.240 e. The van der Waals surface area contributed by atoms with Gasteiger partial charge in [-0.3, -0.25) is 19.3 Å². The van der Waals surface area contributed by atoms with E-state index in [0.29, 0.717) is 5.02 Å². The van der Waals surface area contributed by atoms with E-state index in [1.807, 2.05) is 18.2 Å².